The first-order chi connectivity index (χ1) is 10.5. The van der Waals surface area contributed by atoms with Crippen LogP contribution in [-0.2, 0) is 6.54 Å². The quantitative estimate of drug-likeness (QED) is 0.620. The first-order valence-corrected chi connectivity index (χ1v) is 8.63. The maximum atomic E-state index is 4.42. The summed E-state index contributed by atoms with van der Waals surface area (Å²) in [7, 11) is 8.26. The number of nitrogens with zero attached hydrogens (tertiary/aromatic N) is 3. The van der Waals surface area contributed by atoms with Gasteiger partial charge in [0.25, 0.3) is 0 Å². The van der Waals surface area contributed by atoms with Crippen molar-refractivity contribution >= 4 is 21.9 Å². The summed E-state index contributed by atoms with van der Waals surface area (Å²) in [5.41, 5.74) is 1.28. The molecular formula is C17H27BrN4. The summed E-state index contributed by atoms with van der Waals surface area (Å²) in [6, 6.07) is 9.03. The molecule has 1 atom stereocenters. The maximum absolute atomic E-state index is 4.42. The number of halogens is 1. The van der Waals surface area contributed by atoms with E-state index in [2.05, 4.69) is 81.4 Å². The SMILES string of the molecule is CN=C(NCC(C1CC1)N(C)C)N(C)Cc1ccc(Br)cc1. The lowest BCUT2D eigenvalue weighted by molar-refractivity contribution is 0.262. The van der Waals surface area contributed by atoms with Crippen LogP contribution in [0.1, 0.15) is 18.4 Å². The van der Waals surface area contributed by atoms with Crippen LogP contribution in [0.15, 0.2) is 33.7 Å². The number of rotatable bonds is 6. The second kappa shape index (κ2) is 7.97. The normalized spacial score (nSPS) is 16.7. The van der Waals surface area contributed by atoms with E-state index in [1.54, 1.807) is 0 Å². The molecule has 5 heteroatoms. The topological polar surface area (TPSA) is 30.9 Å². The maximum Gasteiger partial charge on any atom is 0.193 e. The Balaban J connectivity index is 1.88. The van der Waals surface area contributed by atoms with E-state index in [9.17, 15) is 0 Å². The van der Waals surface area contributed by atoms with Crippen molar-refractivity contribution in [2.75, 3.05) is 34.7 Å². The van der Waals surface area contributed by atoms with Gasteiger partial charge in [-0.3, -0.25) is 4.99 Å². The molecule has 4 nitrogen and oxygen atoms in total. The zero-order chi connectivity index (χ0) is 16.1. The fourth-order valence-electron chi connectivity index (χ4n) is 2.77. The summed E-state index contributed by atoms with van der Waals surface area (Å²) < 4.78 is 1.11. The van der Waals surface area contributed by atoms with Crippen LogP contribution in [0.3, 0.4) is 0 Å². The van der Waals surface area contributed by atoms with Gasteiger partial charge in [0.1, 0.15) is 0 Å². The molecule has 1 saturated carbocycles. The van der Waals surface area contributed by atoms with Gasteiger partial charge in [-0.1, -0.05) is 28.1 Å². The van der Waals surface area contributed by atoms with Crippen molar-refractivity contribution in [3.63, 3.8) is 0 Å². The van der Waals surface area contributed by atoms with Gasteiger partial charge in [-0.15, -0.1) is 0 Å². The van der Waals surface area contributed by atoms with Crippen molar-refractivity contribution in [1.29, 1.82) is 0 Å². The Kier molecular flexibility index (Phi) is 6.26. The lowest BCUT2D eigenvalue weighted by Crippen LogP contribution is -2.46. The average Bonchev–Trinajstić information content (AvgIpc) is 3.30. The second-order valence-electron chi connectivity index (χ2n) is 6.28. The predicted octanol–water partition coefficient (Wildman–Crippen LogP) is 2.80. The van der Waals surface area contributed by atoms with Gasteiger partial charge < -0.3 is 15.1 Å². The Morgan fingerprint density at radius 2 is 1.91 bits per heavy atom. The van der Waals surface area contributed by atoms with Crippen LogP contribution in [0.25, 0.3) is 0 Å². The summed E-state index contributed by atoms with van der Waals surface area (Å²) in [6.45, 7) is 1.80. The van der Waals surface area contributed by atoms with Gasteiger partial charge in [0, 0.05) is 37.7 Å². The fraction of sp³-hybridized carbons (Fsp3) is 0.588. The van der Waals surface area contributed by atoms with Crippen LogP contribution in [0.4, 0.5) is 0 Å². The number of nitrogens with one attached hydrogen (secondary N) is 1. The molecule has 0 spiro atoms. The Morgan fingerprint density at radius 1 is 1.27 bits per heavy atom. The molecule has 1 aliphatic carbocycles. The smallest absolute Gasteiger partial charge is 0.193 e. The van der Waals surface area contributed by atoms with Gasteiger partial charge in [-0.2, -0.15) is 0 Å². The van der Waals surface area contributed by atoms with Crippen molar-refractivity contribution in [3.8, 4) is 0 Å². The highest BCUT2D eigenvalue weighted by Gasteiger charge is 2.32. The number of benzene rings is 1. The van der Waals surface area contributed by atoms with Gasteiger partial charge in [-0.25, -0.2) is 0 Å². The molecule has 1 unspecified atom stereocenters. The standard InChI is InChI=1S/C17H27BrN4/c1-19-17(20-11-16(21(2)3)14-7-8-14)22(4)12-13-5-9-15(18)10-6-13/h5-6,9-10,14,16H,7-8,11-12H2,1-4H3,(H,19,20). The molecule has 0 radical (unpaired) electrons. The van der Waals surface area contributed by atoms with Crippen molar-refractivity contribution < 1.29 is 0 Å². The number of likely N-dealkylation sites (N-methyl/N-ethyl adjacent to an activating group) is 1. The summed E-state index contributed by atoms with van der Waals surface area (Å²) in [4.78, 5) is 8.91. The van der Waals surface area contributed by atoms with E-state index >= 15 is 0 Å². The van der Waals surface area contributed by atoms with Gasteiger partial charge in [0.05, 0.1) is 0 Å². The van der Waals surface area contributed by atoms with Crippen LogP contribution in [0.5, 0.6) is 0 Å². The van der Waals surface area contributed by atoms with E-state index in [1.165, 1.54) is 18.4 Å². The van der Waals surface area contributed by atoms with E-state index in [1.807, 2.05) is 7.05 Å². The van der Waals surface area contributed by atoms with E-state index in [0.29, 0.717) is 6.04 Å². The van der Waals surface area contributed by atoms with Crippen LogP contribution in [-0.4, -0.2) is 56.5 Å². The van der Waals surface area contributed by atoms with Crippen LogP contribution in [0.2, 0.25) is 0 Å². The van der Waals surface area contributed by atoms with E-state index in [-0.39, 0.29) is 0 Å². The third-order valence-corrected chi connectivity index (χ3v) is 4.73. The molecule has 0 saturated heterocycles. The first kappa shape index (κ1) is 17.3. The largest absolute Gasteiger partial charge is 0.355 e. The molecule has 2 rings (SSSR count). The highest BCUT2D eigenvalue weighted by atomic mass is 79.9. The third-order valence-electron chi connectivity index (χ3n) is 4.21. The van der Waals surface area contributed by atoms with Crippen molar-refractivity contribution in [3.05, 3.63) is 34.3 Å². The number of aliphatic imine (C=N–C) groups is 1. The van der Waals surface area contributed by atoms with Crippen molar-refractivity contribution in [2.45, 2.75) is 25.4 Å². The molecular weight excluding hydrogens is 340 g/mol. The molecule has 1 aliphatic rings. The first-order valence-electron chi connectivity index (χ1n) is 7.84. The Hall–Kier alpha value is -1.07. The molecule has 0 heterocycles. The zero-order valence-electron chi connectivity index (χ0n) is 14.0. The molecule has 0 aromatic heterocycles. The molecule has 0 amide bonds. The molecule has 1 aromatic carbocycles. The molecule has 1 fully saturated rings. The van der Waals surface area contributed by atoms with E-state index < -0.39 is 0 Å². The van der Waals surface area contributed by atoms with Gasteiger partial charge in [0.2, 0.25) is 0 Å². The third kappa shape index (κ3) is 4.99. The van der Waals surface area contributed by atoms with Gasteiger partial charge in [0.15, 0.2) is 5.96 Å². The average molecular weight is 367 g/mol. The minimum atomic E-state index is 0.595. The molecule has 0 bridgehead atoms. The summed E-state index contributed by atoms with van der Waals surface area (Å²) >= 11 is 3.47. The van der Waals surface area contributed by atoms with Crippen LogP contribution in [0, 0.1) is 5.92 Å². The minimum absolute atomic E-state index is 0.595. The molecule has 1 N–H and O–H groups in total. The molecule has 1 aromatic rings. The lowest BCUT2D eigenvalue weighted by Gasteiger charge is -2.28. The van der Waals surface area contributed by atoms with Crippen LogP contribution < -0.4 is 5.32 Å². The Bertz CT molecular complexity index is 492. The highest BCUT2D eigenvalue weighted by molar-refractivity contribution is 9.10. The predicted molar refractivity (Wildman–Crippen MR) is 97.2 cm³/mol. The molecule has 122 valence electrons. The lowest BCUT2D eigenvalue weighted by atomic mass is 10.1. The van der Waals surface area contributed by atoms with Crippen molar-refractivity contribution in [1.82, 2.24) is 15.1 Å². The minimum Gasteiger partial charge on any atom is -0.355 e. The number of hydrogen-bond acceptors (Lipinski definition) is 2. The van der Waals surface area contributed by atoms with Crippen LogP contribution >= 0.6 is 15.9 Å². The molecule has 0 aliphatic heterocycles. The summed E-state index contributed by atoms with van der Waals surface area (Å²) in [5, 5.41) is 3.53. The number of hydrogen-bond donors (Lipinski definition) is 1. The van der Waals surface area contributed by atoms with Gasteiger partial charge in [-0.05, 0) is 50.6 Å². The monoisotopic (exact) mass is 366 g/mol. The zero-order valence-corrected chi connectivity index (χ0v) is 15.6. The number of guanidine groups is 1. The molecule has 22 heavy (non-hydrogen) atoms. The fourth-order valence-corrected chi connectivity index (χ4v) is 3.04. The second-order valence-corrected chi connectivity index (χ2v) is 7.19. The Morgan fingerprint density at radius 3 is 2.41 bits per heavy atom. The van der Waals surface area contributed by atoms with E-state index in [4.69, 9.17) is 0 Å². The van der Waals surface area contributed by atoms with Gasteiger partial charge >= 0.3 is 0 Å². The summed E-state index contributed by atoms with van der Waals surface area (Å²) in [6.07, 6.45) is 2.72. The highest BCUT2D eigenvalue weighted by Crippen LogP contribution is 2.34. The Labute approximate surface area is 142 Å². The van der Waals surface area contributed by atoms with Crippen molar-refractivity contribution in [2.24, 2.45) is 10.9 Å². The summed E-state index contributed by atoms with van der Waals surface area (Å²) in [5.74, 6) is 1.80. The van der Waals surface area contributed by atoms with E-state index in [0.717, 1.165) is 29.4 Å².